The summed E-state index contributed by atoms with van der Waals surface area (Å²) in [6, 6.07) is 12.3. The van der Waals surface area contributed by atoms with Crippen molar-refractivity contribution >= 4 is 12.1 Å². The van der Waals surface area contributed by atoms with E-state index in [2.05, 4.69) is 10.4 Å². The molecule has 2 N–H and O–H groups in total. The van der Waals surface area contributed by atoms with Gasteiger partial charge >= 0.3 is 6.16 Å². The number of aliphatic hydroxyl groups is 1. The second kappa shape index (κ2) is 13.9. The first kappa shape index (κ1) is 31.8. The van der Waals surface area contributed by atoms with Crippen LogP contribution in [-0.2, 0) is 16.1 Å². The number of nitrogens with zero attached hydrogens (tertiary/aromatic N) is 3. The molecule has 1 unspecified atom stereocenters. The maximum atomic E-state index is 13.7. The molecular weight excluding hydrogens is 562 g/mol. The first-order valence-electron chi connectivity index (χ1n) is 14.1. The maximum Gasteiger partial charge on any atom is 0.528 e. The third-order valence-electron chi connectivity index (χ3n) is 6.82. The molecule has 10 nitrogen and oxygen atoms in total. The van der Waals surface area contributed by atoms with E-state index in [0.717, 1.165) is 35.7 Å². The predicted octanol–water partition coefficient (Wildman–Crippen LogP) is 4.30. The Morgan fingerprint density at radius 1 is 1.07 bits per heavy atom. The van der Waals surface area contributed by atoms with Crippen LogP contribution in [0, 0.1) is 17.6 Å². The second-order valence-corrected chi connectivity index (χ2v) is 11.6. The van der Waals surface area contributed by atoms with Crippen molar-refractivity contribution in [2.45, 2.75) is 58.3 Å². The van der Waals surface area contributed by atoms with Crippen molar-refractivity contribution < 1.29 is 33.1 Å². The van der Waals surface area contributed by atoms with Crippen LogP contribution in [0.3, 0.4) is 0 Å². The van der Waals surface area contributed by atoms with Gasteiger partial charge in [0, 0.05) is 42.9 Å². The number of aliphatic hydroxyl groups excluding tert-OH is 1. The number of carbonyl (C=O) groups is 2. The Morgan fingerprint density at radius 3 is 2.44 bits per heavy atom. The van der Waals surface area contributed by atoms with E-state index in [1.165, 1.54) is 12.1 Å². The lowest BCUT2D eigenvalue weighted by Gasteiger charge is -2.31. The van der Waals surface area contributed by atoms with Gasteiger partial charge in [-0.15, -0.1) is 5.06 Å². The molecule has 1 aliphatic heterocycles. The number of hydrogen-bond acceptors (Lipinski definition) is 8. The standard InChI is InChI=1S/C31H36F2N4O6/c1-31(2,3)42-30(41)43-36-11-9-20(10-12-36)14-26(38)18-34-29(40)22-6-4-5-21(13-22)19-37-28(39)8-7-27(35-37)23-15-24(32)17-25(33)16-23/h4-8,13,15-17,20,26,38H,9-12,14,18-19H2,1-3H3,(H,34,40). The molecular formula is C31H36F2N4O6. The van der Waals surface area contributed by atoms with E-state index in [-0.39, 0.29) is 36.2 Å². The molecule has 230 valence electrons. The fourth-order valence-electron chi connectivity index (χ4n) is 4.79. The zero-order chi connectivity index (χ0) is 31.1. The minimum Gasteiger partial charge on any atom is -0.427 e. The first-order chi connectivity index (χ1) is 20.3. The molecule has 1 aromatic heterocycles. The summed E-state index contributed by atoms with van der Waals surface area (Å²) in [5.74, 6) is -1.69. The van der Waals surface area contributed by atoms with Crippen LogP contribution in [0.15, 0.2) is 59.4 Å². The third kappa shape index (κ3) is 9.69. The highest BCUT2D eigenvalue weighted by molar-refractivity contribution is 5.94. The number of rotatable bonds is 9. The lowest BCUT2D eigenvalue weighted by molar-refractivity contribution is -0.156. The molecule has 4 rings (SSSR count). The van der Waals surface area contributed by atoms with Crippen LogP contribution in [0.4, 0.5) is 13.6 Å². The number of hydroxylamine groups is 2. The minimum atomic E-state index is -0.756. The molecule has 3 aromatic rings. The summed E-state index contributed by atoms with van der Waals surface area (Å²) in [6.45, 7) is 6.43. The highest BCUT2D eigenvalue weighted by Crippen LogP contribution is 2.23. The van der Waals surface area contributed by atoms with Gasteiger partial charge in [0.1, 0.15) is 17.2 Å². The van der Waals surface area contributed by atoms with Gasteiger partial charge in [0.15, 0.2) is 0 Å². The Kier molecular flexibility index (Phi) is 10.3. The van der Waals surface area contributed by atoms with Crippen LogP contribution in [0.2, 0.25) is 0 Å². The van der Waals surface area contributed by atoms with Crippen LogP contribution in [0.5, 0.6) is 0 Å². The largest absolute Gasteiger partial charge is 0.528 e. The van der Waals surface area contributed by atoms with Gasteiger partial charge in [0.25, 0.3) is 11.5 Å². The van der Waals surface area contributed by atoms with E-state index in [9.17, 15) is 28.3 Å². The smallest absolute Gasteiger partial charge is 0.427 e. The van der Waals surface area contributed by atoms with Gasteiger partial charge in [0.05, 0.1) is 18.3 Å². The fourth-order valence-corrected chi connectivity index (χ4v) is 4.79. The molecule has 0 saturated carbocycles. The van der Waals surface area contributed by atoms with Crippen LogP contribution >= 0.6 is 0 Å². The molecule has 1 amide bonds. The molecule has 0 spiro atoms. The molecule has 1 fully saturated rings. The zero-order valence-electron chi connectivity index (χ0n) is 24.4. The van der Waals surface area contributed by atoms with Crippen molar-refractivity contribution in [1.82, 2.24) is 20.2 Å². The number of aromatic nitrogens is 2. The molecule has 0 radical (unpaired) electrons. The topological polar surface area (TPSA) is 123 Å². The fraction of sp³-hybridized carbons (Fsp3) is 0.419. The molecule has 1 atom stereocenters. The van der Waals surface area contributed by atoms with Crippen LogP contribution < -0.4 is 10.9 Å². The number of hydrogen-bond donors (Lipinski definition) is 2. The summed E-state index contributed by atoms with van der Waals surface area (Å²) in [5, 5.41) is 19.1. The van der Waals surface area contributed by atoms with Gasteiger partial charge < -0.3 is 20.0 Å². The number of piperidine rings is 1. The second-order valence-electron chi connectivity index (χ2n) is 11.6. The summed E-state index contributed by atoms with van der Waals surface area (Å²) in [4.78, 5) is 42.3. The highest BCUT2D eigenvalue weighted by atomic mass is 19.1. The number of nitrogens with one attached hydrogen (secondary N) is 1. The van der Waals surface area contributed by atoms with E-state index in [1.807, 2.05) is 0 Å². The van der Waals surface area contributed by atoms with E-state index in [1.54, 1.807) is 50.1 Å². The van der Waals surface area contributed by atoms with Crippen molar-refractivity contribution in [2.24, 2.45) is 5.92 Å². The van der Waals surface area contributed by atoms with Crippen molar-refractivity contribution in [1.29, 1.82) is 0 Å². The van der Waals surface area contributed by atoms with Crippen molar-refractivity contribution in [3.05, 3.63) is 87.7 Å². The average Bonchev–Trinajstić information content (AvgIpc) is 2.92. The molecule has 0 aliphatic carbocycles. The van der Waals surface area contributed by atoms with Crippen LogP contribution in [0.25, 0.3) is 11.3 Å². The van der Waals surface area contributed by atoms with Crippen molar-refractivity contribution in [3.8, 4) is 11.3 Å². The quantitative estimate of drug-likeness (QED) is 0.350. The molecule has 1 saturated heterocycles. The SMILES string of the molecule is CC(C)(C)OC(=O)ON1CCC(CC(O)CNC(=O)c2cccc(Cn3nc(-c4cc(F)cc(F)c4)ccc3=O)c2)CC1. The zero-order valence-corrected chi connectivity index (χ0v) is 24.4. The van der Waals surface area contributed by atoms with Crippen molar-refractivity contribution in [3.63, 3.8) is 0 Å². The summed E-state index contributed by atoms with van der Waals surface area (Å²) in [7, 11) is 0. The van der Waals surface area contributed by atoms with Crippen LogP contribution in [-0.4, -0.2) is 63.4 Å². The normalized spacial score (nSPS) is 15.1. The van der Waals surface area contributed by atoms with Crippen molar-refractivity contribution in [2.75, 3.05) is 19.6 Å². The monoisotopic (exact) mass is 598 g/mol. The minimum absolute atomic E-state index is 0.0323. The first-order valence-corrected chi connectivity index (χ1v) is 14.1. The van der Waals surface area contributed by atoms with E-state index >= 15 is 0 Å². The summed E-state index contributed by atoms with van der Waals surface area (Å²) in [6.07, 6.45) is 0.432. The lowest BCUT2D eigenvalue weighted by atomic mass is 9.92. The van der Waals surface area contributed by atoms with E-state index < -0.39 is 35.1 Å². The maximum absolute atomic E-state index is 13.7. The molecule has 1 aliphatic rings. The molecule has 12 heteroatoms. The number of halogens is 2. The van der Waals surface area contributed by atoms with Crippen LogP contribution in [0.1, 0.15) is 56.0 Å². The van der Waals surface area contributed by atoms with E-state index in [4.69, 9.17) is 9.57 Å². The molecule has 0 bridgehead atoms. The summed E-state index contributed by atoms with van der Waals surface area (Å²) in [5.41, 5.74) is 0.321. The summed E-state index contributed by atoms with van der Waals surface area (Å²) < 4.78 is 33.7. The van der Waals surface area contributed by atoms with Gasteiger partial charge in [-0.2, -0.15) is 5.10 Å². The molecule has 43 heavy (non-hydrogen) atoms. The summed E-state index contributed by atoms with van der Waals surface area (Å²) >= 11 is 0. The Balaban J connectivity index is 1.27. The Bertz CT molecular complexity index is 1480. The Labute approximate surface area is 248 Å². The average molecular weight is 599 g/mol. The third-order valence-corrected chi connectivity index (χ3v) is 6.82. The van der Waals surface area contributed by atoms with Gasteiger partial charge in [0.2, 0.25) is 0 Å². The Morgan fingerprint density at radius 2 is 1.77 bits per heavy atom. The lowest BCUT2D eigenvalue weighted by Crippen LogP contribution is -2.39. The predicted molar refractivity (Wildman–Crippen MR) is 154 cm³/mol. The highest BCUT2D eigenvalue weighted by Gasteiger charge is 2.26. The van der Waals surface area contributed by atoms with Gasteiger partial charge in [-0.25, -0.2) is 18.3 Å². The molecule has 2 aromatic carbocycles. The molecule has 2 heterocycles. The number of ether oxygens (including phenoxy) is 1. The number of carbonyl (C=O) groups excluding carboxylic acids is 2. The van der Waals surface area contributed by atoms with E-state index in [0.29, 0.717) is 30.6 Å². The van der Waals surface area contributed by atoms with Gasteiger partial charge in [-0.1, -0.05) is 12.1 Å². The van der Waals surface area contributed by atoms with Gasteiger partial charge in [-0.05, 0) is 81.8 Å². The Hall–Kier alpha value is -4.16. The number of amides is 1. The van der Waals surface area contributed by atoms with Gasteiger partial charge in [-0.3, -0.25) is 9.59 Å². The number of benzene rings is 2.